The highest BCUT2D eigenvalue weighted by Gasteiger charge is 2.59. The lowest BCUT2D eigenvalue weighted by atomic mass is 9.47. The van der Waals surface area contributed by atoms with Gasteiger partial charge in [-0.25, -0.2) is 0 Å². The van der Waals surface area contributed by atoms with Crippen molar-refractivity contribution < 1.29 is 9.90 Å². The third kappa shape index (κ3) is 5.01. The van der Waals surface area contributed by atoms with Crippen molar-refractivity contribution in [3.8, 4) is 0 Å². The Hall–Kier alpha value is -0.870. The number of hydrogen-bond acceptors (Lipinski definition) is 3. The fourth-order valence-electron chi connectivity index (χ4n) is 9.31. The van der Waals surface area contributed by atoms with E-state index in [0.717, 1.165) is 48.9 Å². The molecule has 0 bridgehead atoms. The second kappa shape index (κ2) is 10.6. The summed E-state index contributed by atoms with van der Waals surface area (Å²) in [5.41, 5.74) is 7.93. The minimum absolute atomic E-state index is 0.107. The van der Waals surface area contributed by atoms with E-state index in [1.54, 1.807) is 5.57 Å². The van der Waals surface area contributed by atoms with Crippen LogP contribution in [0.15, 0.2) is 11.6 Å². The SMILES string of the molecule is CC(CCC[C@@H](C)[C@H]1CC[C@H]2[C@@H]3CC=C4C[C@@H](O)CC[C@]4(C)[C@H]3CC[C@]12C)CC(=O)NCCN. The van der Waals surface area contributed by atoms with E-state index >= 15 is 0 Å². The van der Waals surface area contributed by atoms with E-state index in [1.807, 2.05) is 0 Å². The lowest BCUT2D eigenvalue weighted by molar-refractivity contribution is -0.121. The van der Waals surface area contributed by atoms with Crippen LogP contribution in [0.2, 0.25) is 0 Å². The summed E-state index contributed by atoms with van der Waals surface area (Å²) in [7, 11) is 0. The first-order chi connectivity index (χ1) is 16.2. The van der Waals surface area contributed by atoms with Gasteiger partial charge in [-0.15, -0.1) is 0 Å². The fraction of sp³-hybridized carbons (Fsp3) is 0.900. The Kier molecular flexibility index (Phi) is 8.19. The first-order valence-corrected chi connectivity index (χ1v) is 14.5. The predicted molar refractivity (Wildman–Crippen MR) is 140 cm³/mol. The molecule has 0 aliphatic heterocycles. The Morgan fingerprint density at radius 3 is 2.71 bits per heavy atom. The number of fused-ring (bicyclic) bond motifs is 5. The standard InChI is InChI=1S/C30H52N2O2/c1-20(18-28(34)32-17-16-31)6-5-7-21(2)25-10-11-26-24-9-8-22-19-23(33)12-14-29(22,3)27(24)13-15-30(25,26)4/h8,20-21,23-27,33H,5-7,9-19,31H2,1-4H3,(H,32,34)/t20?,21-,23+,24+,25-,26+,27+,29+,30-/m1/s1. The molecule has 4 N–H and O–H groups in total. The Morgan fingerprint density at radius 1 is 1.15 bits per heavy atom. The molecule has 0 spiro atoms. The molecule has 4 nitrogen and oxygen atoms in total. The maximum Gasteiger partial charge on any atom is 0.220 e. The van der Waals surface area contributed by atoms with E-state index in [-0.39, 0.29) is 12.0 Å². The van der Waals surface area contributed by atoms with Crippen LogP contribution < -0.4 is 11.1 Å². The molecule has 1 amide bonds. The number of allylic oxidation sites excluding steroid dienone is 1. The van der Waals surface area contributed by atoms with Gasteiger partial charge in [0.25, 0.3) is 0 Å². The van der Waals surface area contributed by atoms with Crippen molar-refractivity contribution in [3.63, 3.8) is 0 Å². The molecule has 1 unspecified atom stereocenters. The quantitative estimate of drug-likeness (QED) is 0.369. The van der Waals surface area contributed by atoms with Gasteiger partial charge >= 0.3 is 0 Å². The number of rotatable bonds is 9. The topological polar surface area (TPSA) is 75.3 Å². The van der Waals surface area contributed by atoms with Crippen LogP contribution in [0, 0.1) is 46.3 Å². The van der Waals surface area contributed by atoms with Crippen molar-refractivity contribution in [3.05, 3.63) is 11.6 Å². The predicted octanol–water partition coefficient (Wildman–Crippen LogP) is 5.83. The third-order valence-corrected chi connectivity index (χ3v) is 11.2. The van der Waals surface area contributed by atoms with E-state index in [0.29, 0.717) is 36.3 Å². The molecule has 0 heterocycles. The Labute approximate surface area is 208 Å². The molecule has 4 aliphatic carbocycles. The summed E-state index contributed by atoms with van der Waals surface area (Å²) in [6, 6.07) is 0. The molecule has 4 aliphatic rings. The molecule has 0 aromatic heterocycles. The van der Waals surface area contributed by atoms with E-state index in [1.165, 1.54) is 51.4 Å². The molecule has 0 radical (unpaired) electrons. The lowest BCUT2D eigenvalue weighted by Gasteiger charge is -2.58. The highest BCUT2D eigenvalue weighted by atomic mass is 16.3. The van der Waals surface area contributed by atoms with Crippen LogP contribution in [0.25, 0.3) is 0 Å². The van der Waals surface area contributed by atoms with Gasteiger partial charge in [0.05, 0.1) is 6.10 Å². The highest BCUT2D eigenvalue weighted by Crippen LogP contribution is 2.67. The van der Waals surface area contributed by atoms with Gasteiger partial charge in [-0.3, -0.25) is 4.79 Å². The van der Waals surface area contributed by atoms with Gasteiger partial charge in [-0.1, -0.05) is 58.6 Å². The van der Waals surface area contributed by atoms with E-state index in [4.69, 9.17) is 5.73 Å². The Balaban J connectivity index is 1.32. The number of aliphatic hydroxyl groups excluding tert-OH is 1. The van der Waals surface area contributed by atoms with Crippen LogP contribution in [0.4, 0.5) is 0 Å². The lowest BCUT2D eigenvalue weighted by Crippen LogP contribution is -2.50. The van der Waals surface area contributed by atoms with Crippen molar-refractivity contribution in [2.45, 2.75) is 111 Å². The largest absolute Gasteiger partial charge is 0.393 e. The van der Waals surface area contributed by atoms with Gasteiger partial charge in [0, 0.05) is 19.5 Å². The second-order valence-electron chi connectivity index (χ2n) is 13.2. The molecule has 34 heavy (non-hydrogen) atoms. The van der Waals surface area contributed by atoms with Gasteiger partial charge in [-0.2, -0.15) is 0 Å². The molecule has 3 saturated carbocycles. The van der Waals surface area contributed by atoms with E-state index < -0.39 is 0 Å². The minimum Gasteiger partial charge on any atom is -0.393 e. The monoisotopic (exact) mass is 472 g/mol. The number of amides is 1. The molecule has 4 rings (SSSR count). The molecule has 4 heteroatoms. The molecule has 9 atom stereocenters. The summed E-state index contributed by atoms with van der Waals surface area (Å²) >= 11 is 0. The number of hydrogen-bond donors (Lipinski definition) is 3. The van der Waals surface area contributed by atoms with Crippen LogP contribution in [0.5, 0.6) is 0 Å². The number of carbonyl (C=O) groups is 1. The summed E-state index contributed by atoms with van der Waals surface area (Å²) in [4.78, 5) is 12.0. The molecule has 194 valence electrons. The zero-order valence-electron chi connectivity index (χ0n) is 22.5. The normalized spacial score (nSPS) is 41.0. The van der Waals surface area contributed by atoms with Crippen LogP contribution in [0.3, 0.4) is 0 Å². The first kappa shape index (κ1) is 26.2. The van der Waals surface area contributed by atoms with Crippen molar-refractivity contribution in [1.29, 1.82) is 0 Å². The highest BCUT2D eigenvalue weighted by molar-refractivity contribution is 5.76. The van der Waals surface area contributed by atoms with Crippen LogP contribution >= 0.6 is 0 Å². The van der Waals surface area contributed by atoms with Crippen molar-refractivity contribution in [1.82, 2.24) is 5.32 Å². The molecule has 0 aromatic carbocycles. The smallest absolute Gasteiger partial charge is 0.220 e. The maximum absolute atomic E-state index is 12.0. The number of carbonyl (C=O) groups excluding carboxylic acids is 1. The summed E-state index contributed by atoms with van der Waals surface area (Å²) in [5, 5.41) is 13.2. The van der Waals surface area contributed by atoms with E-state index in [2.05, 4.69) is 39.1 Å². The average Bonchev–Trinajstić information content (AvgIpc) is 3.15. The summed E-state index contributed by atoms with van der Waals surface area (Å²) in [6.45, 7) is 11.0. The van der Waals surface area contributed by atoms with Crippen LogP contribution in [-0.2, 0) is 4.79 Å². The van der Waals surface area contributed by atoms with Crippen LogP contribution in [-0.4, -0.2) is 30.2 Å². The first-order valence-electron chi connectivity index (χ1n) is 14.5. The zero-order chi connectivity index (χ0) is 24.5. The van der Waals surface area contributed by atoms with Crippen molar-refractivity contribution >= 4 is 5.91 Å². The third-order valence-electron chi connectivity index (χ3n) is 11.2. The van der Waals surface area contributed by atoms with E-state index in [9.17, 15) is 9.90 Å². The Bertz CT molecular complexity index is 750. The van der Waals surface area contributed by atoms with Crippen LogP contribution in [0.1, 0.15) is 105 Å². The Morgan fingerprint density at radius 2 is 1.94 bits per heavy atom. The average molecular weight is 473 g/mol. The maximum atomic E-state index is 12.0. The van der Waals surface area contributed by atoms with Gasteiger partial charge < -0.3 is 16.2 Å². The van der Waals surface area contributed by atoms with Crippen molar-refractivity contribution in [2.75, 3.05) is 13.1 Å². The number of aliphatic hydroxyl groups is 1. The summed E-state index contributed by atoms with van der Waals surface area (Å²) in [5.74, 6) is 4.80. The van der Waals surface area contributed by atoms with Gasteiger partial charge in [0.2, 0.25) is 5.91 Å². The van der Waals surface area contributed by atoms with Crippen molar-refractivity contribution in [2.24, 2.45) is 52.1 Å². The van der Waals surface area contributed by atoms with Gasteiger partial charge in [0.15, 0.2) is 0 Å². The molecular weight excluding hydrogens is 420 g/mol. The second-order valence-corrected chi connectivity index (χ2v) is 13.2. The molecule has 0 saturated heterocycles. The van der Waals surface area contributed by atoms with Gasteiger partial charge in [0.1, 0.15) is 0 Å². The minimum atomic E-state index is -0.107. The molecule has 3 fully saturated rings. The summed E-state index contributed by atoms with van der Waals surface area (Å²) < 4.78 is 0. The number of nitrogens with two attached hydrogens (primary N) is 1. The number of nitrogens with one attached hydrogen (secondary N) is 1. The fourth-order valence-corrected chi connectivity index (χ4v) is 9.31. The zero-order valence-corrected chi connectivity index (χ0v) is 22.5. The molecule has 0 aromatic rings. The molecular formula is C30H52N2O2. The summed E-state index contributed by atoms with van der Waals surface area (Å²) in [6.07, 6.45) is 16.8. The van der Waals surface area contributed by atoms with Gasteiger partial charge in [-0.05, 0) is 97.7 Å².